The smallest absolute Gasteiger partial charge is 0.297 e. The van der Waals surface area contributed by atoms with Crippen molar-refractivity contribution in [2.24, 2.45) is 0 Å². The van der Waals surface area contributed by atoms with Crippen LogP contribution in [-0.4, -0.2) is 21.6 Å². The van der Waals surface area contributed by atoms with Crippen LogP contribution in [0.5, 0.6) is 0 Å². The van der Waals surface area contributed by atoms with E-state index in [0.717, 1.165) is 24.2 Å². The van der Waals surface area contributed by atoms with Gasteiger partial charge in [-0.1, -0.05) is 6.07 Å². The molecule has 0 bridgehead atoms. The normalized spacial score (nSPS) is 14.7. The van der Waals surface area contributed by atoms with Gasteiger partial charge in [0.15, 0.2) is 0 Å². The molecule has 15 heavy (non-hydrogen) atoms. The molecule has 4 nitrogen and oxygen atoms in total. The van der Waals surface area contributed by atoms with Crippen LogP contribution >= 0.6 is 0 Å². The Bertz CT molecular complexity index is 468. The van der Waals surface area contributed by atoms with Crippen molar-refractivity contribution in [3.05, 3.63) is 23.8 Å². The van der Waals surface area contributed by atoms with Crippen molar-refractivity contribution in [1.29, 1.82) is 0 Å². The summed E-state index contributed by atoms with van der Waals surface area (Å²) in [6.07, 6.45) is 0.949. The van der Waals surface area contributed by atoms with Gasteiger partial charge < -0.3 is 5.32 Å². The number of nitrogens with one attached hydrogen (secondary N) is 1. The van der Waals surface area contributed by atoms with E-state index in [2.05, 4.69) is 5.32 Å². The van der Waals surface area contributed by atoms with E-state index < -0.39 is 10.1 Å². The summed E-state index contributed by atoms with van der Waals surface area (Å²) < 4.78 is 27.9. The first-order chi connectivity index (χ1) is 7.13. The molecule has 0 aromatic heterocycles. The van der Waals surface area contributed by atoms with Gasteiger partial charge in [0, 0.05) is 12.2 Å². The van der Waals surface area contributed by atoms with E-state index in [4.69, 9.17) is 4.18 Å². The molecule has 5 heteroatoms. The van der Waals surface area contributed by atoms with E-state index in [1.807, 2.05) is 6.07 Å². The van der Waals surface area contributed by atoms with Crippen LogP contribution in [0.4, 0.5) is 5.69 Å². The lowest BCUT2D eigenvalue weighted by molar-refractivity contribution is 0.338. The Morgan fingerprint density at radius 3 is 3.00 bits per heavy atom. The third kappa shape index (κ3) is 1.98. The maximum Gasteiger partial charge on any atom is 0.297 e. The minimum atomic E-state index is -3.57. The molecule has 1 aromatic rings. The summed E-state index contributed by atoms with van der Waals surface area (Å²) in [5.74, 6) is 0. The van der Waals surface area contributed by atoms with E-state index in [1.165, 1.54) is 0 Å². The monoisotopic (exact) mass is 227 g/mol. The molecular weight excluding hydrogens is 214 g/mol. The predicted molar refractivity (Wildman–Crippen MR) is 57.4 cm³/mol. The van der Waals surface area contributed by atoms with Crippen molar-refractivity contribution in [3.63, 3.8) is 0 Å². The second-order valence-electron chi connectivity index (χ2n) is 3.36. The van der Waals surface area contributed by atoms with E-state index in [1.54, 1.807) is 19.1 Å². The Kier molecular flexibility index (Phi) is 2.67. The summed E-state index contributed by atoms with van der Waals surface area (Å²) in [5, 5.41) is 3.13. The average Bonchev–Trinajstić information content (AvgIpc) is 2.63. The number of fused-ring (bicyclic) bond motifs is 1. The lowest BCUT2D eigenvalue weighted by atomic mass is 10.2. The molecule has 0 aliphatic carbocycles. The van der Waals surface area contributed by atoms with E-state index >= 15 is 0 Å². The van der Waals surface area contributed by atoms with Crippen LogP contribution in [0.3, 0.4) is 0 Å². The lowest BCUT2D eigenvalue weighted by Crippen LogP contribution is -2.06. The molecule has 0 saturated heterocycles. The van der Waals surface area contributed by atoms with Gasteiger partial charge >= 0.3 is 0 Å². The molecule has 1 aromatic carbocycles. The first-order valence-corrected chi connectivity index (χ1v) is 6.30. The van der Waals surface area contributed by atoms with Crippen molar-refractivity contribution in [1.82, 2.24) is 0 Å². The van der Waals surface area contributed by atoms with Gasteiger partial charge in [0.2, 0.25) is 0 Å². The van der Waals surface area contributed by atoms with E-state index in [-0.39, 0.29) is 11.5 Å². The summed E-state index contributed by atoms with van der Waals surface area (Å²) in [5.41, 5.74) is 2.06. The summed E-state index contributed by atoms with van der Waals surface area (Å²) >= 11 is 0. The second kappa shape index (κ2) is 3.83. The maximum atomic E-state index is 11.6. The maximum absolute atomic E-state index is 11.6. The van der Waals surface area contributed by atoms with Gasteiger partial charge in [0.05, 0.1) is 11.5 Å². The van der Waals surface area contributed by atoms with E-state index in [9.17, 15) is 8.42 Å². The van der Waals surface area contributed by atoms with Crippen LogP contribution in [0.25, 0.3) is 0 Å². The highest BCUT2D eigenvalue weighted by atomic mass is 32.2. The van der Waals surface area contributed by atoms with E-state index in [0.29, 0.717) is 0 Å². The quantitative estimate of drug-likeness (QED) is 0.793. The number of anilines is 1. The first kappa shape index (κ1) is 10.4. The van der Waals surface area contributed by atoms with Crippen molar-refractivity contribution >= 4 is 15.8 Å². The van der Waals surface area contributed by atoms with Crippen LogP contribution in [0, 0.1) is 0 Å². The van der Waals surface area contributed by atoms with Crippen LogP contribution < -0.4 is 5.32 Å². The van der Waals surface area contributed by atoms with Gasteiger partial charge in [0.25, 0.3) is 10.1 Å². The molecule has 1 heterocycles. The zero-order valence-electron chi connectivity index (χ0n) is 8.49. The Labute approximate surface area is 89.4 Å². The van der Waals surface area contributed by atoms with Gasteiger partial charge in [0.1, 0.15) is 0 Å². The number of rotatable bonds is 3. The average molecular weight is 227 g/mol. The molecule has 0 saturated carbocycles. The summed E-state index contributed by atoms with van der Waals surface area (Å²) in [4.78, 5) is 0.220. The van der Waals surface area contributed by atoms with Crippen molar-refractivity contribution in [3.8, 4) is 0 Å². The Hall–Kier alpha value is -1.07. The minimum absolute atomic E-state index is 0.160. The molecule has 0 unspecified atom stereocenters. The number of hydrogen-bond acceptors (Lipinski definition) is 4. The second-order valence-corrected chi connectivity index (χ2v) is 4.97. The molecule has 1 aliphatic rings. The number of hydrogen-bond donors (Lipinski definition) is 1. The molecule has 82 valence electrons. The zero-order valence-corrected chi connectivity index (χ0v) is 9.30. The predicted octanol–water partition coefficient (Wildman–Crippen LogP) is 1.38. The van der Waals surface area contributed by atoms with Crippen LogP contribution in [-0.2, 0) is 20.7 Å². The molecule has 1 N–H and O–H groups in total. The molecule has 0 atom stereocenters. The third-order valence-electron chi connectivity index (χ3n) is 2.35. The summed E-state index contributed by atoms with van der Waals surface area (Å²) in [7, 11) is -3.57. The molecule has 0 amide bonds. The highest BCUT2D eigenvalue weighted by Gasteiger charge is 2.18. The Morgan fingerprint density at radius 2 is 2.27 bits per heavy atom. The van der Waals surface area contributed by atoms with Crippen LogP contribution in [0.2, 0.25) is 0 Å². The lowest BCUT2D eigenvalue weighted by Gasteiger charge is -2.05. The number of benzene rings is 1. The van der Waals surface area contributed by atoms with Gasteiger partial charge in [-0.05, 0) is 31.0 Å². The van der Waals surface area contributed by atoms with Crippen LogP contribution in [0.1, 0.15) is 12.5 Å². The fourth-order valence-electron chi connectivity index (χ4n) is 1.65. The van der Waals surface area contributed by atoms with Gasteiger partial charge in [-0.3, -0.25) is 4.18 Å². The molecule has 0 spiro atoms. The molecule has 0 radical (unpaired) electrons. The standard InChI is InChI=1S/C10H13NO3S/c1-2-14-15(12,13)9-4-3-8-5-6-11-10(8)7-9/h3-4,7,11H,2,5-6H2,1H3. The summed E-state index contributed by atoms with van der Waals surface area (Å²) in [6.45, 7) is 2.68. The fraction of sp³-hybridized carbons (Fsp3) is 0.400. The van der Waals surface area contributed by atoms with Crippen molar-refractivity contribution < 1.29 is 12.6 Å². The highest BCUT2D eigenvalue weighted by Crippen LogP contribution is 2.25. The molecule has 0 fully saturated rings. The molecular formula is C10H13NO3S. The summed E-state index contributed by atoms with van der Waals surface area (Å²) in [6, 6.07) is 5.06. The molecule has 1 aliphatic heterocycles. The first-order valence-electron chi connectivity index (χ1n) is 4.90. The van der Waals surface area contributed by atoms with Gasteiger partial charge in [-0.25, -0.2) is 0 Å². The molecule has 2 rings (SSSR count). The highest BCUT2D eigenvalue weighted by molar-refractivity contribution is 7.86. The van der Waals surface area contributed by atoms with Crippen LogP contribution in [0.15, 0.2) is 23.1 Å². The van der Waals surface area contributed by atoms with Crippen molar-refractivity contribution in [2.75, 3.05) is 18.5 Å². The largest absolute Gasteiger partial charge is 0.384 e. The fourth-order valence-corrected chi connectivity index (χ4v) is 2.59. The Morgan fingerprint density at radius 1 is 1.47 bits per heavy atom. The topological polar surface area (TPSA) is 55.4 Å². The van der Waals surface area contributed by atoms with Gasteiger partial charge in [-0.2, -0.15) is 8.42 Å². The Balaban J connectivity index is 2.38. The minimum Gasteiger partial charge on any atom is -0.384 e. The SMILES string of the molecule is CCOS(=O)(=O)c1ccc2c(c1)NCC2. The third-order valence-corrected chi connectivity index (χ3v) is 3.73. The van der Waals surface area contributed by atoms with Gasteiger partial charge in [-0.15, -0.1) is 0 Å². The van der Waals surface area contributed by atoms with Crippen molar-refractivity contribution in [2.45, 2.75) is 18.2 Å². The zero-order chi connectivity index (χ0) is 10.9.